The number of rotatable bonds is 5. The zero-order valence-corrected chi connectivity index (χ0v) is 9.10. The average molecular weight is 222 g/mol. The molecule has 0 fully saturated rings. The lowest BCUT2D eigenvalue weighted by Gasteiger charge is -2.11. The van der Waals surface area contributed by atoms with E-state index < -0.39 is 5.97 Å². The maximum atomic E-state index is 11.4. The van der Waals surface area contributed by atoms with Crippen LogP contribution >= 0.6 is 0 Å². The smallest absolute Gasteiger partial charge is 0.338 e. The van der Waals surface area contributed by atoms with Gasteiger partial charge in [-0.25, -0.2) is 4.79 Å². The SMILES string of the molecule is C=CCOc1cccc(C(=O)OC)c1CO. The lowest BCUT2D eigenvalue weighted by atomic mass is 10.1. The summed E-state index contributed by atoms with van der Waals surface area (Å²) in [4.78, 5) is 11.4. The zero-order valence-electron chi connectivity index (χ0n) is 9.10. The topological polar surface area (TPSA) is 55.8 Å². The van der Waals surface area contributed by atoms with Gasteiger partial charge in [0.05, 0.1) is 19.3 Å². The van der Waals surface area contributed by atoms with E-state index in [9.17, 15) is 9.90 Å². The first-order valence-corrected chi connectivity index (χ1v) is 4.79. The van der Waals surface area contributed by atoms with Gasteiger partial charge in [0.25, 0.3) is 0 Å². The average Bonchev–Trinajstić information content (AvgIpc) is 2.34. The van der Waals surface area contributed by atoms with E-state index in [-0.39, 0.29) is 6.61 Å². The van der Waals surface area contributed by atoms with Crippen LogP contribution in [0.1, 0.15) is 15.9 Å². The van der Waals surface area contributed by atoms with Gasteiger partial charge in [0.1, 0.15) is 12.4 Å². The Kier molecular flexibility index (Phi) is 4.54. The van der Waals surface area contributed by atoms with Gasteiger partial charge in [0.15, 0.2) is 0 Å². The molecule has 0 aliphatic heterocycles. The zero-order chi connectivity index (χ0) is 12.0. The van der Waals surface area contributed by atoms with E-state index in [1.807, 2.05) is 0 Å². The minimum Gasteiger partial charge on any atom is -0.489 e. The second-order valence-electron chi connectivity index (χ2n) is 3.03. The number of carbonyl (C=O) groups is 1. The summed E-state index contributed by atoms with van der Waals surface area (Å²) >= 11 is 0. The highest BCUT2D eigenvalue weighted by atomic mass is 16.5. The van der Waals surface area contributed by atoms with Crippen LogP contribution in [0.15, 0.2) is 30.9 Å². The molecule has 0 aromatic heterocycles. The Bertz CT molecular complexity index is 385. The Morgan fingerprint density at radius 3 is 2.88 bits per heavy atom. The van der Waals surface area contributed by atoms with Crippen LogP contribution < -0.4 is 4.74 Å². The van der Waals surface area contributed by atoms with Gasteiger partial charge in [-0.1, -0.05) is 18.7 Å². The second-order valence-corrected chi connectivity index (χ2v) is 3.03. The first-order valence-electron chi connectivity index (χ1n) is 4.79. The third kappa shape index (κ3) is 2.61. The molecule has 1 N–H and O–H groups in total. The van der Waals surface area contributed by atoms with E-state index in [0.29, 0.717) is 23.5 Å². The third-order valence-electron chi connectivity index (χ3n) is 2.05. The molecule has 4 heteroatoms. The predicted octanol–water partition coefficient (Wildman–Crippen LogP) is 1.53. The van der Waals surface area contributed by atoms with E-state index in [0.717, 1.165) is 0 Å². The summed E-state index contributed by atoms with van der Waals surface area (Å²) < 4.78 is 9.94. The van der Waals surface area contributed by atoms with Crippen molar-refractivity contribution in [3.63, 3.8) is 0 Å². The fraction of sp³-hybridized carbons (Fsp3) is 0.250. The van der Waals surface area contributed by atoms with Crippen LogP contribution in [-0.2, 0) is 11.3 Å². The molecule has 0 unspecified atom stereocenters. The second kappa shape index (κ2) is 5.92. The minimum atomic E-state index is -0.492. The van der Waals surface area contributed by atoms with Crippen molar-refractivity contribution in [3.8, 4) is 5.75 Å². The molecule has 0 aliphatic carbocycles. The third-order valence-corrected chi connectivity index (χ3v) is 2.05. The van der Waals surface area contributed by atoms with E-state index in [1.54, 1.807) is 24.3 Å². The van der Waals surface area contributed by atoms with Gasteiger partial charge >= 0.3 is 5.97 Å². The monoisotopic (exact) mass is 222 g/mol. The molecule has 0 saturated carbocycles. The van der Waals surface area contributed by atoms with Gasteiger partial charge < -0.3 is 14.6 Å². The van der Waals surface area contributed by atoms with Gasteiger partial charge in [-0.2, -0.15) is 0 Å². The van der Waals surface area contributed by atoms with Crippen molar-refractivity contribution in [2.45, 2.75) is 6.61 Å². The summed E-state index contributed by atoms with van der Waals surface area (Å²) in [7, 11) is 1.29. The largest absolute Gasteiger partial charge is 0.489 e. The molecule has 16 heavy (non-hydrogen) atoms. The molecule has 0 heterocycles. The van der Waals surface area contributed by atoms with E-state index in [1.165, 1.54) is 7.11 Å². The highest BCUT2D eigenvalue weighted by Gasteiger charge is 2.15. The van der Waals surface area contributed by atoms with Crippen LogP contribution in [0.25, 0.3) is 0 Å². The van der Waals surface area contributed by atoms with Crippen molar-refractivity contribution in [2.75, 3.05) is 13.7 Å². The number of ether oxygens (including phenoxy) is 2. The van der Waals surface area contributed by atoms with Crippen LogP contribution in [0.5, 0.6) is 5.75 Å². The molecule has 0 radical (unpaired) electrons. The van der Waals surface area contributed by atoms with Crippen molar-refractivity contribution in [3.05, 3.63) is 42.0 Å². The minimum absolute atomic E-state index is 0.280. The van der Waals surface area contributed by atoms with Crippen LogP contribution in [0.3, 0.4) is 0 Å². The molecule has 1 aromatic rings. The van der Waals surface area contributed by atoms with Gasteiger partial charge in [-0.3, -0.25) is 0 Å². The molecular weight excluding hydrogens is 208 g/mol. The predicted molar refractivity (Wildman–Crippen MR) is 59.4 cm³/mol. The van der Waals surface area contributed by atoms with Gasteiger partial charge in [-0.15, -0.1) is 0 Å². The molecular formula is C12H14O4. The molecule has 1 rings (SSSR count). The number of hydrogen-bond acceptors (Lipinski definition) is 4. The molecule has 1 aromatic carbocycles. The lowest BCUT2D eigenvalue weighted by Crippen LogP contribution is -2.08. The molecule has 0 spiro atoms. The molecule has 4 nitrogen and oxygen atoms in total. The molecule has 0 bridgehead atoms. The highest BCUT2D eigenvalue weighted by molar-refractivity contribution is 5.91. The van der Waals surface area contributed by atoms with Crippen LogP contribution in [0, 0.1) is 0 Å². The number of carbonyl (C=O) groups excluding carboxylic acids is 1. The van der Waals surface area contributed by atoms with E-state index >= 15 is 0 Å². The first-order chi connectivity index (χ1) is 7.74. The molecule has 86 valence electrons. The standard InChI is InChI=1S/C12H14O4/c1-3-7-16-11-6-4-5-9(10(11)8-13)12(14)15-2/h3-6,13H,1,7-8H2,2H3. The summed E-state index contributed by atoms with van der Waals surface area (Å²) in [5.41, 5.74) is 0.739. The molecule has 0 aliphatic rings. The Hall–Kier alpha value is -1.81. The van der Waals surface area contributed by atoms with Crippen molar-refractivity contribution < 1.29 is 19.4 Å². The highest BCUT2D eigenvalue weighted by Crippen LogP contribution is 2.23. The van der Waals surface area contributed by atoms with Gasteiger partial charge in [0, 0.05) is 5.56 Å². The maximum Gasteiger partial charge on any atom is 0.338 e. The Balaban J connectivity index is 3.09. The van der Waals surface area contributed by atoms with Crippen molar-refractivity contribution >= 4 is 5.97 Å². The quantitative estimate of drug-likeness (QED) is 0.606. The fourth-order valence-corrected chi connectivity index (χ4v) is 1.31. The summed E-state index contributed by atoms with van der Waals surface area (Å²) in [6, 6.07) is 4.93. The van der Waals surface area contributed by atoms with Crippen LogP contribution in [0.2, 0.25) is 0 Å². The maximum absolute atomic E-state index is 11.4. The van der Waals surface area contributed by atoms with Crippen LogP contribution in [-0.4, -0.2) is 24.8 Å². The summed E-state index contributed by atoms with van der Waals surface area (Å²) in [6.07, 6.45) is 1.59. The van der Waals surface area contributed by atoms with Crippen molar-refractivity contribution in [1.29, 1.82) is 0 Å². The molecule has 0 amide bonds. The Morgan fingerprint density at radius 2 is 2.31 bits per heavy atom. The lowest BCUT2D eigenvalue weighted by molar-refractivity contribution is 0.0596. The number of benzene rings is 1. The molecule has 0 saturated heterocycles. The number of aliphatic hydroxyl groups excluding tert-OH is 1. The van der Waals surface area contributed by atoms with E-state index in [2.05, 4.69) is 11.3 Å². The number of aliphatic hydroxyl groups is 1. The summed E-state index contributed by atoms with van der Waals surface area (Å²) in [6.45, 7) is 3.56. The number of esters is 1. The van der Waals surface area contributed by atoms with Crippen molar-refractivity contribution in [2.24, 2.45) is 0 Å². The Labute approximate surface area is 94.1 Å². The summed E-state index contributed by atoms with van der Waals surface area (Å²) in [5, 5.41) is 9.23. The molecule has 0 atom stereocenters. The summed E-state index contributed by atoms with van der Waals surface area (Å²) in [5.74, 6) is -0.0293. The van der Waals surface area contributed by atoms with Crippen molar-refractivity contribution in [1.82, 2.24) is 0 Å². The van der Waals surface area contributed by atoms with E-state index in [4.69, 9.17) is 4.74 Å². The normalized spacial score (nSPS) is 9.62. The van der Waals surface area contributed by atoms with Gasteiger partial charge in [-0.05, 0) is 12.1 Å². The number of hydrogen-bond donors (Lipinski definition) is 1. The first kappa shape index (κ1) is 12.3. The Morgan fingerprint density at radius 1 is 1.56 bits per heavy atom. The fourth-order valence-electron chi connectivity index (χ4n) is 1.31. The van der Waals surface area contributed by atoms with Gasteiger partial charge in [0.2, 0.25) is 0 Å². The number of methoxy groups -OCH3 is 1. The van der Waals surface area contributed by atoms with Crippen LogP contribution in [0.4, 0.5) is 0 Å².